The second kappa shape index (κ2) is 2.87. The maximum atomic E-state index is 10.7. The predicted molar refractivity (Wildman–Crippen MR) is 43.3 cm³/mol. The largest absolute Gasteiger partial charge is 0.364 e. The molecule has 0 saturated heterocycles. The molecule has 0 aromatic carbocycles. The summed E-state index contributed by atoms with van der Waals surface area (Å²) in [4.78, 5) is 3.92. The molecule has 68 valence electrons. The molecule has 1 N–H and O–H groups in total. The van der Waals surface area contributed by atoms with Crippen molar-refractivity contribution in [2.24, 2.45) is 0 Å². The van der Waals surface area contributed by atoms with E-state index in [4.69, 9.17) is 4.55 Å². The van der Waals surface area contributed by atoms with Crippen LogP contribution in [0.2, 0.25) is 0 Å². The van der Waals surface area contributed by atoms with Gasteiger partial charge in [-0.1, -0.05) is 6.92 Å². The highest BCUT2D eigenvalue weighted by molar-refractivity contribution is 7.84. The van der Waals surface area contributed by atoms with Crippen LogP contribution in [-0.2, 0) is 16.7 Å². The third-order valence-electron chi connectivity index (χ3n) is 1.50. The molecular weight excluding hydrogens is 180 g/mol. The van der Waals surface area contributed by atoms with Crippen LogP contribution in [0.3, 0.4) is 0 Å². The van der Waals surface area contributed by atoms with Gasteiger partial charge in [0.25, 0.3) is 0 Å². The fourth-order valence-corrected chi connectivity index (χ4v) is 1.55. The lowest BCUT2D eigenvalue weighted by molar-refractivity contribution is 0.471. The van der Waals surface area contributed by atoms with Crippen molar-refractivity contribution in [3.63, 3.8) is 0 Å². The molecule has 0 aliphatic heterocycles. The molecule has 1 rings (SSSR count). The minimum Gasteiger partial charge on any atom is -0.269 e. The third-order valence-corrected chi connectivity index (χ3v) is 2.37. The van der Waals surface area contributed by atoms with Crippen LogP contribution in [0.15, 0.2) is 6.20 Å². The van der Waals surface area contributed by atoms with E-state index in [1.165, 1.54) is 13.1 Å². The number of imidazole rings is 1. The molecule has 0 amide bonds. The van der Waals surface area contributed by atoms with Gasteiger partial charge in [-0.3, -0.25) is 4.55 Å². The Bertz CT molecular complexity index is 379. The van der Waals surface area contributed by atoms with Gasteiger partial charge in [0.2, 0.25) is 0 Å². The Balaban J connectivity index is 3.27. The second-order valence-electron chi connectivity index (χ2n) is 2.41. The van der Waals surface area contributed by atoms with Crippen LogP contribution in [0.25, 0.3) is 0 Å². The Morgan fingerprint density at radius 3 is 2.50 bits per heavy atom. The summed E-state index contributed by atoms with van der Waals surface area (Å²) < 4.78 is 30.8. The van der Waals surface area contributed by atoms with Gasteiger partial charge in [0.15, 0.2) is 0 Å². The summed E-state index contributed by atoms with van der Waals surface area (Å²) >= 11 is 0. The third kappa shape index (κ3) is 1.64. The standard InChI is InChI=1S/C6H10N2O3S/c1-3-6-4-8(5(2)7-6)12(9,10)11/h4H,3H2,1-2H3,(H,9,10,11). The van der Waals surface area contributed by atoms with Crippen molar-refractivity contribution < 1.29 is 13.0 Å². The molecule has 0 aliphatic rings. The number of aryl methyl sites for hydroxylation is 2. The van der Waals surface area contributed by atoms with E-state index in [-0.39, 0.29) is 5.82 Å². The minimum absolute atomic E-state index is 0.273. The van der Waals surface area contributed by atoms with E-state index in [0.29, 0.717) is 12.1 Å². The van der Waals surface area contributed by atoms with Crippen LogP contribution in [0.1, 0.15) is 18.4 Å². The zero-order chi connectivity index (χ0) is 9.35. The molecule has 0 saturated carbocycles. The molecule has 0 aliphatic carbocycles. The molecule has 0 radical (unpaired) electrons. The predicted octanol–water partition coefficient (Wildman–Crippen LogP) is 0.405. The smallest absolute Gasteiger partial charge is 0.269 e. The molecule has 5 nitrogen and oxygen atoms in total. The molecule has 0 unspecified atom stereocenters. The summed E-state index contributed by atoms with van der Waals surface area (Å²) in [5.41, 5.74) is 0.644. The molecular formula is C6H10N2O3S. The average molecular weight is 190 g/mol. The lowest BCUT2D eigenvalue weighted by Crippen LogP contribution is -2.11. The van der Waals surface area contributed by atoms with Gasteiger partial charge in [-0.2, -0.15) is 8.42 Å². The first-order chi connectivity index (χ1) is 5.45. The first-order valence-electron chi connectivity index (χ1n) is 3.48. The van der Waals surface area contributed by atoms with Crippen LogP contribution in [0.4, 0.5) is 0 Å². The fraction of sp³-hybridized carbons (Fsp3) is 0.500. The van der Waals surface area contributed by atoms with E-state index in [9.17, 15) is 8.42 Å². The van der Waals surface area contributed by atoms with Crippen molar-refractivity contribution in [2.45, 2.75) is 20.3 Å². The summed E-state index contributed by atoms with van der Waals surface area (Å²) in [6, 6.07) is 0. The number of nitrogens with zero attached hydrogens (tertiary/aromatic N) is 2. The molecule has 0 fully saturated rings. The Morgan fingerprint density at radius 2 is 2.25 bits per heavy atom. The van der Waals surface area contributed by atoms with Crippen LogP contribution in [0.5, 0.6) is 0 Å². The first-order valence-corrected chi connectivity index (χ1v) is 4.87. The molecule has 1 heterocycles. The van der Waals surface area contributed by atoms with Crippen LogP contribution < -0.4 is 0 Å². The van der Waals surface area contributed by atoms with E-state index >= 15 is 0 Å². The summed E-state index contributed by atoms with van der Waals surface area (Å²) in [6.45, 7) is 3.38. The van der Waals surface area contributed by atoms with Crippen LogP contribution in [0, 0.1) is 6.92 Å². The van der Waals surface area contributed by atoms with Gasteiger partial charge in [-0.25, -0.2) is 8.96 Å². The second-order valence-corrected chi connectivity index (χ2v) is 3.70. The highest BCUT2D eigenvalue weighted by Crippen LogP contribution is 2.05. The van der Waals surface area contributed by atoms with Crippen molar-refractivity contribution in [2.75, 3.05) is 0 Å². The Hall–Kier alpha value is -0.880. The number of rotatable bonds is 2. The Labute approximate surface area is 70.9 Å². The first kappa shape index (κ1) is 9.21. The molecule has 0 atom stereocenters. The van der Waals surface area contributed by atoms with Gasteiger partial charge in [0.1, 0.15) is 5.82 Å². The van der Waals surface area contributed by atoms with Crippen molar-refractivity contribution in [3.8, 4) is 0 Å². The number of hydrogen-bond donors (Lipinski definition) is 1. The molecule has 6 heteroatoms. The van der Waals surface area contributed by atoms with Gasteiger partial charge in [0, 0.05) is 6.20 Å². The Kier molecular flexibility index (Phi) is 2.20. The van der Waals surface area contributed by atoms with Crippen molar-refractivity contribution >= 4 is 10.3 Å². The average Bonchev–Trinajstić information content (AvgIpc) is 2.29. The van der Waals surface area contributed by atoms with Crippen molar-refractivity contribution in [3.05, 3.63) is 17.7 Å². The summed E-state index contributed by atoms with van der Waals surface area (Å²) in [6.07, 6.45) is 1.95. The maximum absolute atomic E-state index is 10.7. The molecule has 0 bridgehead atoms. The van der Waals surface area contributed by atoms with Gasteiger partial charge < -0.3 is 0 Å². The van der Waals surface area contributed by atoms with Crippen molar-refractivity contribution in [1.82, 2.24) is 8.96 Å². The minimum atomic E-state index is -4.17. The molecule has 0 spiro atoms. The van der Waals surface area contributed by atoms with E-state index in [1.54, 1.807) is 0 Å². The lowest BCUT2D eigenvalue weighted by Gasteiger charge is -1.96. The highest BCUT2D eigenvalue weighted by Gasteiger charge is 2.12. The number of aromatic nitrogens is 2. The maximum Gasteiger partial charge on any atom is 0.364 e. The lowest BCUT2D eigenvalue weighted by atomic mass is 10.4. The van der Waals surface area contributed by atoms with E-state index < -0.39 is 10.3 Å². The highest BCUT2D eigenvalue weighted by atomic mass is 32.2. The van der Waals surface area contributed by atoms with E-state index in [1.807, 2.05) is 6.92 Å². The Morgan fingerprint density at radius 1 is 1.67 bits per heavy atom. The van der Waals surface area contributed by atoms with Gasteiger partial charge in [-0.05, 0) is 13.3 Å². The van der Waals surface area contributed by atoms with Crippen molar-refractivity contribution in [1.29, 1.82) is 0 Å². The fourth-order valence-electron chi connectivity index (χ4n) is 0.919. The van der Waals surface area contributed by atoms with Crippen LogP contribution >= 0.6 is 0 Å². The van der Waals surface area contributed by atoms with E-state index in [0.717, 1.165) is 3.97 Å². The molecule has 1 aromatic heterocycles. The summed E-state index contributed by atoms with van der Waals surface area (Å²) in [7, 11) is -4.17. The SMILES string of the molecule is CCc1cn(S(=O)(=O)O)c(C)n1. The monoisotopic (exact) mass is 190 g/mol. The topological polar surface area (TPSA) is 72.2 Å². The van der Waals surface area contributed by atoms with Gasteiger partial charge in [0.05, 0.1) is 5.69 Å². The quantitative estimate of drug-likeness (QED) is 0.685. The number of hydrogen-bond acceptors (Lipinski definition) is 3. The van der Waals surface area contributed by atoms with E-state index in [2.05, 4.69) is 4.98 Å². The summed E-state index contributed by atoms with van der Waals surface area (Å²) in [5.74, 6) is 0.273. The van der Waals surface area contributed by atoms with Gasteiger partial charge in [-0.15, -0.1) is 0 Å². The zero-order valence-corrected chi connectivity index (χ0v) is 7.67. The molecule has 1 aromatic rings. The summed E-state index contributed by atoms with van der Waals surface area (Å²) in [5, 5.41) is 0. The van der Waals surface area contributed by atoms with Gasteiger partial charge >= 0.3 is 10.3 Å². The normalized spacial score (nSPS) is 11.9. The van der Waals surface area contributed by atoms with Crippen LogP contribution in [-0.4, -0.2) is 21.9 Å². The molecule has 12 heavy (non-hydrogen) atoms. The zero-order valence-electron chi connectivity index (χ0n) is 6.85.